The summed E-state index contributed by atoms with van der Waals surface area (Å²) in [6, 6.07) is 17.8. The van der Waals surface area contributed by atoms with Crippen LogP contribution in [0.15, 0.2) is 54.6 Å². The van der Waals surface area contributed by atoms with Crippen molar-refractivity contribution in [3.8, 4) is 0 Å². The molecule has 2 aromatic carbocycles. The lowest BCUT2D eigenvalue weighted by Crippen LogP contribution is -2.37. The molecule has 29 heavy (non-hydrogen) atoms. The van der Waals surface area contributed by atoms with E-state index in [2.05, 4.69) is 17.4 Å². The molecule has 5 nitrogen and oxygen atoms in total. The van der Waals surface area contributed by atoms with Crippen molar-refractivity contribution in [2.75, 3.05) is 6.54 Å². The molecule has 2 heterocycles. The first-order chi connectivity index (χ1) is 14.1. The van der Waals surface area contributed by atoms with E-state index in [0.29, 0.717) is 24.8 Å². The van der Waals surface area contributed by atoms with E-state index in [1.165, 1.54) is 5.56 Å². The van der Waals surface area contributed by atoms with Gasteiger partial charge in [-0.3, -0.25) is 19.7 Å². The highest BCUT2D eigenvalue weighted by atomic mass is 16.2. The molecule has 3 amide bonds. The first kappa shape index (κ1) is 19.4. The minimum absolute atomic E-state index is 0.0235. The van der Waals surface area contributed by atoms with Gasteiger partial charge in [0.05, 0.1) is 5.92 Å². The third-order valence-corrected chi connectivity index (χ3v) is 5.96. The molecule has 5 heteroatoms. The van der Waals surface area contributed by atoms with Gasteiger partial charge in [0.25, 0.3) is 5.91 Å². The maximum Gasteiger partial charge on any atom is 0.254 e. The van der Waals surface area contributed by atoms with E-state index in [0.717, 1.165) is 31.4 Å². The first-order valence-electron chi connectivity index (χ1n) is 10.4. The molecule has 0 radical (unpaired) electrons. The van der Waals surface area contributed by atoms with Crippen molar-refractivity contribution in [2.45, 2.75) is 50.5 Å². The Kier molecular flexibility index (Phi) is 5.74. The maximum atomic E-state index is 13.3. The SMILES string of the molecule is O=C1CCC[C@@H](c2cccc(C(=O)N3CCC[C@H]3Cc3ccccc3)c2)C(=O)N1. The summed E-state index contributed by atoms with van der Waals surface area (Å²) in [5, 5.41) is 2.46. The Labute approximate surface area is 171 Å². The van der Waals surface area contributed by atoms with Crippen LogP contribution in [0.4, 0.5) is 0 Å². The fraction of sp³-hybridized carbons (Fsp3) is 0.375. The van der Waals surface area contributed by atoms with Gasteiger partial charge in [0.15, 0.2) is 0 Å². The molecule has 2 fully saturated rings. The topological polar surface area (TPSA) is 66.5 Å². The first-order valence-corrected chi connectivity index (χ1v) is 10.4. The largest absolute Gasteiger partial charge is 0.335 e. The highest BCUT2D eigenvalue weighted by Gasteiger charge is 2.31. The normalized spacial score (nSPS) is 22.3. The number of carbonyl (C=O) groups excluding carboxylic acids is 3. The highest BCUT2D eigenvalue weighted by Crippen LogP contribution is 2.28. The van der Waals surface area contributed by atoms with Gasteiger partial charge in [-0.1, -0.05) is 42.5 Å². The molecule has 2 aromatic rings. The van der Waals surface area contributed by atoms with Crippen molar-refractivity contribution in [3.63, 3.8) is 0 Å². The van der Waals surface area contributed by atoms with Crippen LogP contribution in [0, 0.1) is 0 Å². The molecule has 0 bridgehead atoms. The van der Waals surface area contributed by atoms with E-state index in [-0.39, 0.29) is 29.7 Å². The summed E-state index contributed by atoms with van der Waals surface area (Å²) in [4.78, 5) is 39.2. The standard InChI is InChI=1S/C24H26N2O3/c27-22-13-5-12-21(23(28)25-22)18-9-4-10-19(16-18)24(29)26-14-6-11-20(26)15-17-7-2-1-3-8-17/h1-4,7-10,16,20-21H,5-6,11-15H2,(H,25,27,28)/t20-,21-/m0/s1. The van der Waals surface area contributed by atoms with Crippen molar-refractivity contribution in [1.29, 1.82) is 0 Å². The molecular weight excluding hydrogens is 364 g/mol. The number of likely N-dealkylation sites (tertiary alicyclic amines) is 1. The van der Waals surface area contributed by atoms with Gasteiger partial charge in [-0.25, -0.2) is 0 Å². The second-order valence-corrected chi connectivity index (χ2v) is 7.97. The molecular formula is C24H26N2O3. The van der Waals surface area contributed by atoms with Crippen molar-refractivity contribution < 1.29 is 14.4 Å². The number of hydrogen-bond donors (Lipinski definition) is 1. The Balaban J connectivity index is 1.52. The van der Waals surface area contributed by atoms with E-state index in [1.54, 1.807) is 0 Å². The fourth-order valence-corrected chi connectivity index (χ4v) is 4.46. The summed E-state index contributed by atoms with van der Waals surface area (Å²) in [5.41, 5.74) is 2.67. The summed E-state index contributed by atoms with van der Waals surface area (Å²) in [6.07, 6.45) is 4.54. The summed E-state index contributed by atoms with van der Waals surface area (Å²) >= 11 is 0. The molecule has 2 atom stereocenters. The molecule has 0 aliphatic carbocycles. The van der Waals surface area contributed by atoms with Crippen LogP contribution < -0.4 is 5.32 Å². The summed E-state index contributed by atoms with van der Waals surface area (Å²) < 4.78 is 0. The molecule has 0 unspecified atom stereocenters. The predicted octanol–water partition coefficient (Wildman–Crippen LogP) is 3.44. The molecule has 2 saturated heterocycles. The van der Waals surface area contributed by atoms with Gasteiger partial charge in [0.2, 0.25) is 11.8 Å². The monoisotopic (exact) mass is 390 g/mol. The second-order valence-electron chi connectivity index (χ2n) is 7.97. The van der Waals surface area contributed by atoms with E-state index < -0.39 is 0 Å². The van der Waals surface area contributed by atoms with Crippen molar-refractivity contribution >= 4 is 17.7 Å². The summed E-state index contributed by atoms with van der Waals surface area (Å²) in [5.74, 6) is -0.839. The third-order valence-electron chi connectivity index (χ3n) is 5.96. The van der Waals surface area contributed by atoms with E-state index in [1.807, 2.05) is 47.4 Å². The van der Waals surface area contributed by atoms with Crippen LogP contribution in [-0.2, 0) is 16.0 Å². The van der Waals surface area contributed by atoms with Crippen molar-refractivity contribution in [3.05, 3.63) is 71.3 Å². The molecule has 4 rings (SSSR count). The zero-order valence-electron chi connectivity index (χ0n) is 16.5. The number of hydrogen-bond acceptors (Lipinski definition) is 3. The highest BCUT2D eigenvalue weighted by molar-refractivity contribution is 6.00. The van der Waals surface area contributed by atoms with Crippen LogP contribution in [0.2, 0.25) is 0 Å². The van der Waals surface area contributed by atoms with Gasteiger partial charge in [0, 0.05) is 24.6 Å². The van der Waals surface area contributed by atoms with E-state index in [4.69, 9.17) is 0 Å². The lowest BCUT2D eigenvalue weighted by molar-refractivity contribution is -0.130. The number of imide groups is 1. The quantitative estimate of drug-likeness (QED) is 0.813. The molecule has 0 spiro atoms. The van der Waals surface area contributed by atoms with Gasteiger partial charge in [0.1, 0.15) is 0 Å². The zero-order chi connectivity index (χ0) is 20.2. The minimum atomic E-state index is -0.382. The maximum absolute atomic E-state index is 13.3. The fourth-order valence-electron chi connectivity index (χ4n) is 4.46. The van der Waals surface area contributed by atoms with Gasteiger partial charge in [-0.15, -0.1) is 0 Å². The molecule has 0 aromatic heterocycles. The molecule has 1 N–H and O–H groups in total. The van der Waals surface area contributed by atoms with Crippen molar-refractivity contribution in [2.24, 2.45) is 0 Å². The number of amides is 3. The van der Waals surface area contributed by atoms with Crippen LogP contribution in [0.25, 0.3) is 0 Å². The van der Waals surface area contributed by atoms with Gasteiger partial charge < -0.3 is 4.90 Å². The summed E-state index contributed by atoms with van der Waals surface area (Å²) in [7, 11) is 0. The van der Waals surface area contributed by atoms with Gasteiger partial charge in [-0.05, 0) is 55.4 Å². The number of nitrogens with one attached hydrogen (secondary N) is 1. The minimum Gasteiger partial charge on any atom is -0.335 e. The van der Waals surface area contributed by atoms with Gasteiger partial charge in [-0.2, -0.15) is 0 Å². The molecule has 2 aliphatic rings. The third kappa shape index (κ3) is 4.39. The second kappa shape index (κ2) is 8.60. The lowest BCUT2D eigenvalue weighted by Gasteiger charge is -2.25. The Morgan fingerprint density at radius 2 is 1.83 bits per heavy atom. The summed E-state index contributed by atoms with van der Waals surface area (Å²) in [6.45, 7) is 0.763. The number of carbonyl (C=O) groups is 3. The van der Waals surface area contributed by atoms with E-state index >= 15 is 0 Å². The Bertz CT molecular complexity index is 909. The smallest absolute Gasteiger partial charge is 0.254 e. The van der Waals surface area contributed by atoms with Crippen LogP contribution in [-0.4, -0.2) is 35.2 Å². The Morgan fingerprint density at radius 3 is 2.66 bits per heavy atom. The number of benzene rings is 2. The number of nitrogens with zero attached hydrogens (tertiary/aromatic N) is 1. The molecule has 2 aliphatic heterocycles. The average molecular weight is 390 g/mol. The van der Waals surface area contributed by atoms with Crippen LogP contribution in [0.5, 0.6) is 0 Å². The molecule has 0 saturated carbocycles. The number of rotatable bonds is 4. The van der Waals surface area contributed by atoms with Crippen LogP contribution in [0.3, 0.4) is 0 Å². The Hall–Kier alpha value is -2.95. The van der Waals surface area contributed by atoms with Crippen LogP contribution >= 0.6 is 0 Å². The zero-order valence-corrected chi connectivity index (χ0v) is 16.5. The van der Waals surface area contributed by atoms with Gasteiger partial charge >= 0.3 is 0 Å². The van der Waals surface area contributed by atoms with Crippen molar-refractivity contribution in [1.82, 2.24) is 10.2 Å². The lowest BCUT2D eigenvalue weighted by atomic mass is 9.92. The molecule has 150 valence electrons. The van der Waals surface area contributed by atoms with Crippen LogP contribution in [0.1, 0.15) is 59.5 Å². The predicted molar refractivity (Wildman–Crippen MR) is 110 cm³/mol. The van der Waals surface area contributed by atoms with E-state index in [9.17, 15) is 14.4 Å². The Morgan fingerprint density at radius 1 is 1.00 bits per heavy atom. The average Bonchev–Trinajstić information content (AvgIpc) is 3.12.